The molecule has 0 radical (unpaired) electrons. The van der Waals surface area contributed by atoms with Crippen molar-refractivity contribution in [3.8, 4) is 0 Å². The second kappa shape index (κ2) is 7.56. The molecule has 0 aliphatic heterocycles. The molecule has 0 aliphatic rings. The van der Waals surface area contributed by atoms with E-state index in [1.54, 1.807) is 0 Å². The van der Waals surface area contributed by atoms with Gasteiger partial charge in [0, 0.05) is 29.9 Å². The number of halogens is 2. The molecule has 2 rings (SSSR count). The molecule has 2 aromatic rings. The summed E-state index contributed by atoms with van der Waals surface area (Å²) in [6, 6.07) is 8.58. The van der Waals surface area contributed by atoms with Crippen molar-refractivity contribution in [2.75, 3.05) is 0 Å². The van der Waals surface area contributed by atoms with Gasteiger partial charge in [-0.25, -0.2) is 4.98 Å². The molecule has 0 spiro atoms. The van der Waals surface area contributed by atoms with Gasteiger partial charge in [0.05, 0.1) is 5.75 Å². The van der Waals surface area contributed by atoms with Crippen molar-refractivity contribution < 1.29 is 8.78 Å². The van der Waals surface area contributed by atoms with Crippen LogP contribution in [-0.4, -0.2) is 15.6 Å². The van der Waals surface area contributed by atoms with Crippen molar-refractivity contribution in [2.45, 2.75) is 43.6 Å². The molecule has 0 aliphatic carbocycles. The minimum absolute atomic E-state index is 0.389. The van der Waals surface area contributed by atoms with Crippen LogP contribution in [-0.2, 0) is 12.3 Å². The molecule has 1 aromatic carbocycles. The van der Waals surface area contributed by atoms with E-state index < -0.39 is 6.55 Å². The third kappa shape index (κ3) is 4.82. The molecule has 21 heavy (non-hydrogen) atoms. The zero-order valence-electron chi connectivity index (χ0n) is 12.1. The third-order valence-electron chi connectivity index (χ3n) is 2.96. The maximum Gasteiger partial charge on any atom is 0.319 e. The topological polar surface area (TPSA) is 29.9 Å². The fraction of sp³-hybridized carbons (Fsp3) is 0.400. The Morgan fingerprint density at radius 1 is 1.24 bits per heavy atom. The van der Waals surface area contributed by atoms with Crippen LogP contribution in [0, 0.1) is 0 Å². The van der Waals surface area contributed by atoms with Crippen LogP contribution < -0.4 is 5.32 Å². The van der Waals surface area contributed by atoms with Gasteiger partial charge in [0.25, 0.3) is 0 Å². The first kappa shape index (κ1) is 16.0. The van der Waals surface area contributed by atoms with E-state index >= 15 is 0 Å². The minimum atomic E-state index is -2.53. The van der Waals surface area contributed by atoms with Gasteiger partial charge < -0.3 is 5.32 Å². The van der Waals surface area contributed by atoms with Gasteiger partial charge >= 0.3 is 6.55 Å². The van der Waals surface area contributed by atoms with Crippen LogP contribution in [0.3, 0.4) is 0 Å². The average molecular weight is 311 g/mol. The maximum atomic E-state index is 12.7. The van der Waals surface area contributed by atoms with Crippen LogP contribution in [0.2, 0.25) is 0 Å². The Morgan fingerprint density at radius 2 is 1.95 bits per heavy atom. The molecule has 0 fully saturated rings. The Bertz CT molecular complexity index is 552. The number of aromatic nitrogens is 2. The largest absolute Gasteiger partial charge is 0.319 e. The number of hydrogen-bond donors (Lipinski definition) is 1. The molecule has 114 valence electrons. The Kier molecular flexibility index (Phi) is 5.76. The van der Waals surface area contributed by atoms with Crippen LogP contribution in [0.1, 0.15) is 31.8 Å². The molecule has 0 unspecified atom stereocenters. The number of hydrogen-bond acceptors (Lipinski definition) is 3. The average Bonchev–Trinajstić information content (AvgIpc) is 2.92. The summed E-state index contributed by atoms with van der Waals surface area (Å²) in [5.41, 5.74) is 1.21. The predicted octanol–water partition coefficient (Wildman–Crippen LogP) is 4.07. The highest BCUT2D eigenvalue weighted by Crippen LogP contribution is 2.24. The van der Waals surface area contributed by atoms with Crippen molar-refractivity contribution in [3.63, 3.8) is 0 Å². The van der Waals surface area contributed by atoms with Crippen molar-refractivity contribution in [1.29, 1.82) is 0 Å². The SMILES string of the molecule is CC(C)NCc1ccc(SCc2nccn2C(F)F)cc1. The standard InChI is InChI=1S/C15H19F2N3S/c1-11(2)19-9-12-3-5-13(6-4-12)21-10-14-18-7-8-20(14)15(16)17/h3-8,11,15,19H,9-10H2,1-2H3. The van der Waals surface area contributed by atoms with Crippen LogP contribution in [0.5, 0.6) is 0 Å². The molecule has 0 bridgehead atoms. The Morgan fingerprint density at radius 3 is 2.57 bits per heavy atom. The lowest BCUT2D eigenvalue weighted by Gasteiger charge is -2.09. The molecule has 3 nitrogen and oxygen atoms in total. The number of nitrogens with zero attached hydrogens (tertiary/aromatic N) is 2. The normalized spacial score (nSPS) is 11.5. The summed E-state index contributed by atoms with van der Waals surface area (Å²) >= 11 is 1.51. The van der Waals surface area contributed by atoms with Crippen LogP contribution >= 0.6 is 11.8 Å². The number of nitrogens with one attached hydrogen (secondary N) is 1. The van der Waals surface area contributed by atoms with E-state index in [4.69, 9.17) is 0 Å². The smallest absolute Gasteiger partial charge is 0.310 e. The number of rotatable bonds is 7. The summed E-state index contributed by atoms with van der Waals surface area (Å²) in [7, 11) is 0. The van der Waals surface area contributed by atoms with Gasteiger partial charge in [-0.05, 0) is 17.7 Å². The van der Waals surface area contributed by atoms with Gasteiger partial charge in [-0.3, -0.25) is 4.57 Å². The van der Waals surface area contributed by atoms with Crippen molar-refractivity contribution in [3.05, 3.63) is 48.0 Å². The summed E-state index contributed by atoms with van der Waals surface area (Å²) in [5, 5.41) is 3.35. The number of imidazole rings is 1. The van der Waals surface area contributed by atoms with E-state index in [1.807, 2.05) is 12.1 Å². The zero-order valence-corrected chi connectivity index (χ0v) is 12.9. The summed E-state index contributed by atoms with van der Waals surface area (Å²) in [5.74, 6) is 0.821. The fourth-order valence-electron chi connectivity index (χ4n) is 1.81. The molecule has 1 N–H and O–H groups in total. The summed E-state index contributed by atoms with van der Waals surface area (Å²) in [6.07, 6.45) is 2.71. The first-order valence-corrected chi connectivity index (χ1v) is 7.80. The zero-order chi connectivity index (χ0) is 15.2. The monoisotopic (exact) mass is 311 g/mol. The highest BCUT2D eigenvalue weighted by atomic mass is 32.2. The molecule has 1 heterocycles. The first-order valence-electron chi connectivity index (χ1n) is 6.81. The number of benzene rings is 1. The van der Waals surface area contributed by atoms with Crippen molar-refractivity contribution >= 4 is 11.8 Å². The summed E-state index contributed by atoms with van der Waals surface area (Å²) in [4.78, 5) is 5.02. The van der Waals surface area contributed by atoms with E-state index in [-0.39, 0.29) is 0 Å². The van der Waals surface area contributed by atoms with Crippen LogP contribution in [0.25, 0.3) is 0 Å². The van der Waals surface area contributed by atoms with E-state index in [2.05, 4.69) is 36.3 Å². The van der Waals surface area contributed by atoms with E-state index in [9.17, 15) is 8.78 Å². The van der Waals surface area contributed by atoms with Gasteiger partial charge in [0.2, 0.25) is 0 Å². The number of alkyl halides is 2. The Hall–Kier alpha value is -1.40. The Labute approximate surface area is 127 Å². The Balaban J connectivity index is 1.90. The second-order valence-corrected chi connectivity index (χ2v) is 6.05. The molecule has 0 saturated heterocycles. The summed E-state index contributed by atoms with van der Waals surface area (Å²) < 4.78 is 26.3. The quantitative estimate of drug-likeness (QED) is 0.782. The molecule has 1 aromatic heterocycles. The lowest BCUT2D eigenvalue weighted by molar-refractivity contribution is 0.0678. The highest BCUT2D eigenvalue weighted by Gasteiger charge is 2.11. The molecule has 0 saturated carbocycles. The fourth-order valence-corrected chi connectivity index (χ4v) is 2.65. The molecule has 6 heteroatoms. The number of thioether (sulfide) groups is 1. The van der Waals surface area contributed by atoms with Gasteiger partial charge in [-0.15, -0.1) is 11.8 Å². The third-order valence-corrected chi connectivity index (χ3v) is 3.97. The second-order valence-electron chi connectivity index (χ2n) is 5.00. The predicted molar refractivity (Wildman–Crippen MR) is 81.5 cm³/mol. The minimum Gasteiger partial charge on any atom is -0.310 e. The molecule has 0 amide bonds. The highest BCUT2D eigenvalue weighted by molar-refractivity contribution is 7.98. The first-order chi connectivity index (χ1) is 10.1. The van der Waals surface area contributed by atoms with Crippen molar-refractivity contribution in [1.82, 2.24) is 14.9 Å². The van der Waals surface area contributed by atoms with Crippen LogP contribution in [0.4, 0.5) is 8.78 Å². The van der Waals surface area contributed by atoms with Gasteiger partial charge in [-0.1, -0.05) is 26.0 Å². The lowest BCUT2D eigenvalue weighted by Crippen LogP contribution is -2.21. The van der Waals surface area contributed by atoms with E-state index in [1.165, 1.54) is 29.7 Å². The van der Waals surface area contributed by atoms with Crippen LogP contribution in [0.15, 0.2) is 41.6 Å². The van der Waals surface area contributed by atoms with E-state index in [0.717, 1.165) is 16.0 Å². The lowest BCUT2D eigenvalue weighted by atomic mass is 10.2. The van der Waals surface area contributed by atoms with Gasteiger partial charge in [-0.2, -0.15) is 8.78 Å². The van der Waals surface area contributed by atoms with Crippen molar-refractivity contribution in [2.24, 2.45) is 0 Å². The van der Waals surface area contributed by atoms with Gasteiger partial charge in [0.1, 0.15) is 5.82 Å². The summed E-state index contributed by atoms with van der Waals surface area (Å²) in [6.45, 7) is 2.51. The molecular weight excluding hydrogens is 292 g/mol. The molecule has 0 atom stereocenters. The van der Waals surface area contributed by atoms with Gasteiger partial charge in [0.15, 0.2) is 0 Å². The van der Waals surface area contributed by atoms with E-state index in [0.29, 0.717) is 17.6 Å². The molecular formula is C15H19F2N3S. The maximum absolute atomic E-state index is 12.7.